The Kier molecular flexibility index (Phi) is 4.13. The zero-order valence-electron chi connectivity index (χ0n) is 9.81. The van der Waals surface area contributed by atoms with Crippen molar-refractivity contribution < 1.29 is 9.18 Å². The molecule has 1 aliphatic rings. The predicted molar refractivity (Wildman–Crippen MR) is 70.7 cm³/mol. The van der Waals surface area contributed by atoms with Gasteiger partial charge in [0.15, 0.2) is 0 Å². The molecule has 1 amide bonds. The number of halogens is 3. The van der Waals surface area contributed by atoms with Gasteiger partial charge in [0.25, 0.3) is 5.91 Å². The second kappa shape index (κ2) is 5.45. The van der Waals surface area contributed by atoms with Crippen LogP contribution in [0.3, 0.4) is 0 Å². The van der Waals surface area contributed by atoms with Gasteiger partial charge in [-0.25, -0.2) is 4.39 Å². The summed E-state index contributed by atoms with van der Waals surface area (Å²) in [5.41, 5.74) is 0.0376. The van der Waals surface area contributed by atoms with Crippen molar-refractivity contribution >= 4 is 29.1 Å². The average Bonchev–Trinajstić information content (AvgIpc) is 3.07. The van der Waals surface area contributed by atoms with E-state index in [2.05, 4.69) is 5.32 Å². The van der Waals surface area contributed by atoms with Crippen molar-refractivity contribution in [1.29, 1.82) is 0 Å². The van der Waals surface area contributed by atoms with Gasteiger partial charge in [-0.3, -0.25) is 4.79 Å². The van der Waals surface area contributed by atoms with Crippen LogP contribution in [0.4, 0.5) is 4.39 Å². The third kappa shape index (κ3) is 2.96. The SMILES string of the molecule is O=C(NCC1(CCCl)CC1)c1c(F)cccc1Cl. The Bertz CT molecular complexity index is 440. The Balaban J connectivity index is 2.00. The molecule has 98 valence electrons. The first-order chi connectivity index (χ1) is 8.58. The summed E-state index contributed by atoms with van der Waals surface area (Å²) in [6, 6.07) is 4.21. The summed E-state index contributed by atoms with van der Waals surface area (Å²) in [5.74, 6) is -0.475. The largest absolute Gasteiger partial charge is 0.351 e. The van der Waals surface area contributed by atoms with Gasteiger partial charge < -0.3 is 5.32 Å². The highest BCUT2D eigenvalue weighted by molar-refractivity contribution is 6.33. The second-order valence-corrected chi connectivity index (χ2v) is 5.50. The van der Waals surface area contributed by atoms with Crippen molar-refractivity contribution in [3.05, 3.63) is 34.6 Å². The quantitative estimate of drug-likeness (QED) is 0.824. The highest BCUT2D eigenvalue weighted by Crippen LogP contribution is 2.48. The number of alkyl halides is 1. The molecule has 1 aromatic rings. The molecule has 0 heterocycles. The van der Waals surface area contributed by atoms with Crippen molar-refractivity contribution in [3.63, 3.8) is 0 Å². The molecule has 0 aliphatic heterocycles. The maximum Gasteiger partial charge on any atom is 0.255 e. The number of carbonyl (C=O) groups excluding carboxylic acids is 1. The van der Waals surface area contributed by atoms with E-state index in [9.17, 15) is 9.18 Å². The maximum absolute atomic E-state index is 13.5. The molecule has 0 bridgehead atoms. The zero-order valence-corrected chi connectivity index (χ0v) is 11.3. The Morgan fingerprint density at radius 3 is 2.72 bits per heavy atom. The molecule has 0 unspecified atom stereocenters. The van der Waals surface area contributed by atoms with E-state index in [4.69, 9.17) is 23.2 Å². The van der Waals surface area contributed by atoms with E-state index in [0.717, 1.165) is 19.3 Å². The van der Waals surface area contributed by atoms with Gasteiger partial charge >= 0.3 is 0 Å². The summed E-state index contributed by atoms with van der Waals surface area (Å²) in [6.07, 6.45) is 3.00. The fourth-order valence-electron chi connectivity index (χ4n) is 1.96. The number of carbonyl (C=O) groups is 1. The molecule has 0 aromatic heterocycles. The normalized spacial score (nSPS) is 16.4. The molecule has 18 heavy (non-hydrogen) atoms. The van der Waals surface area contributed by atoms with Gasteiger partial charge in [-0.15, -0.1) is 11.6 Å². The summed E-state index contributed by atoms with van der Waals surface area (Å²) < 4.78 is 13.5. The highest BCUT2D eigenvalue weighted by atomic mass is 35.5. The minimum absolute atomic E-state index is 0.0826. The summed E-state index contributed by atoms with van der Waals surface area (Å²) in [5, 5.41) is 2.88. The van der Waals surface area contributed by atoms with Gasteiger partial charge in [-0.2, -0.15) is 0 Å². The van der Waals surface area contributed by atoms with Crippen molar-refractivity contribution in [1.82, 2.24) is 5.32 Å². The third-order valence-corrected chi connectivity index (χ3v) is 3.90. The molecule has 1 aliphatic carbocycles. The first-order valence-electron chi connectivity index (χ1n) is 5.86. The third-order valence-electron chi connectivity index (χ3n) is 3.40. The monoisotopic (exact) mass is 289 g/mol. The number of hydrogen-bond acceptors (Lipinski definition) is 1. The molecule has 1 aromatic carbocycles. The van der Waals surface area contributed by atoms with Gasteiger partial charge in [0.1, 0.15) is 5.82 Å². The maximum atomic E-state index is 13.5. The number of nitrogens with one attached hydrogen (secondary N) is 1. The predicted octanol–water partition coefficient (Wildman–Crippen LogP) is 3.62. The van der Waals surface area contributed by atoms with Crippen LogP contribution in [-0.2, 0) is 0 Å². The van der Waals surface area contributed by atoms with E-state index < -0.39 is 11.7 Å². The van der Waals surface area contributed by atoms with Crippen LogP contribution in [0.15, 0.2) is 18.2 Å². The molecule has 5 heteroatoms. The van der Waals surface area contributed by atoms with E-state index in [0.29, 0.717) is 12.4 Å². The van der Waals surface area contributed by atoms with Crippen LogP contribution in [0.1, 0.15) is 29.6 Å². The van der Waals surface area contributed by atoms with Crippen LogP contribution in [0, 0.1) is 11.2 Å². The zero-order chi connectivity index (χ0) is 13.2. The summed E-state index contributed by atoms with van der Waals surface area (Å²) in [4.78, 5) is 11.9. The Morgan fingerprint density at radius 2 is 2.17 bits per heavy atom. The number of amides is 1. The van der Waals surface area contributed by atoms with E-state index in [1.165, 1.54) is 18.2 Å². The Morgan fingerprint density at radius 1 is 1.44 bits per heavy atom. The number of rotatable bonds is 5. The molecule has 0 spiro atoms. The second-order valence-electron chi connectivity index (χ2n) is 4.72. The van der Waals surface area contributed by atoms with E-state index in [-0.39, 0.29) is 16.0 Å². The summed E-state index contributed by atoms with van der Waals surface area (Å²) in [7, 11) is 0. The van der Waals surface area contributed by atoms with Gasteiger partial charge in [0, 0.05) is 12.4 Å². The number of benzene rings is 1. The van der Waals surface area contributed by atoms with Crippen LogP contribution in [-0.4, -0.2) is 18.3 Å². The van der Waals surface area contributed by atoms with Gasteiger partial charge in [-0.05, 0) is 36.8 Å². The first kappa shape index (κ1) is 13.6. The summed E-state index contributed by atoms with van der Waals surface area (Å²) >= 11 is 11.5. The molecule has 0 radical (unpaired) electrons. The fraction of sp³-hybridized carbons (Fsp3) is 0.462. The van der Waals surface area contributed by atoms with E-state index in [1.54, 1.807) is 0 Å². The Labute approximate surface area is 115 Å². The fourth-order valence-corrected chi connectivity index (χ4v) is 2.61. The molecular weight excluding hydrogens is 276 g/mol. The van der Waals surface area contributed by atoms with Crippen LogP contribution in [0.25, 0.3) is 0 Å². The lowest BCUT2D eigenvalue weighted by Gasteiger charge is -2.15. The van der Waals surface area contributed by atoms with Crippen molar-refractivity contribution in [3.8, 4) is 0 Å². The molecule has 1 fully saturated rings. The molecular formula is C13H14Cl2FNO. The minimum Gasteiger partial charge on any atom is -0.351 e. The lowest BCUT2D eigenvalue weighted by atomic mass is 10.0. The molecule has 2 rings (SSSR count). The minimum atomic E-state index is -0.595. The molecule has 1 N–H and O–H groups in total. The molecule has 1 saturated carbocycles. The molecule has 2 nitrogen and oxygen atoms in total. The highest BCUT2D eigenvalue weighted by Gasteiger charge is 2.41. The summed E-state index contributed by atoms with van der Waals surface area (Å²) in [6.45, 7) is 0.531. The van der Waals surface area contributed by atoms with Gasteiger partial charge in [0.05, 0.1) is 10.6 Å². The van der Waals surface area contributed by atoms with Crippen LogP contribution in [0.5, 0.6) is 0 Å². The van der Waals surface area contributed by atoms with E-state index >= 15 is 0 Å². The van der Waals surface area contributed by atoms with Crippen LogP contribution < -0.4 is 5.32 Å². The number of hydrogen-bond donors (Lipinski definition) is 1. The van der Waals surface area contributed by atoms with Crippen molar-refractivity contribution in [2.75, 3.05) is 12.4 Å². The molecule has 0 saturated heterocycles. The van der Waals surface area contributed by atoms with Gasteiger partial charge in [0.2, 0.25) is 0 Å². The van der Waals surface area contributed by atoms with Crippen LogP contribution in [0.2, 0.25) is 5.02 Å². The van der Waals surface area contributed by atoms with E-state index in [1.807, 2.05) is 0 Å². The van der Waals surface area contributed by atoms with Crippen molar-refractivity contribution in [2.45, 2.75) is 19.3 Å². The molecule has 0 atom stereocenters. The van der Waals surface area contributed by atoms with Crippen molar-refractivity contribution in [2.24, 2.45) is 5.41 Å². The smallest absolute Gasteiger partial charge is 0.255 e. The topological polar surface area (TPSA) is 29.1 Å². The standard InChI is InChI=1S/C13H14Cl2FNO/c14-7-6-13(4-5-13)8-17-12(18)11-9(15)2-1-3-10(11)16/h1-3H,4-8H2,(H,17,18). The lowest BCUT2D eigenvalue weighted by molar-refractivity contribution is 0.0940. The lowest BCUT2D eigenvalue weighted by Crippen LogP contribution is -2.31. The average molecular weight is 290 g/mol. The first-order valence-corrected chi connectivity index (χ1v) is 6.77. The Hall–Kier alpha value is -0.800. The van der Waals surface area contributed by atoms with Crippen LogP contribution >= 0.6 is 23.2 Å². The van der Waals surface area contributed by atoms with Gasteiger partial charge in [-0.1, -0.05) is 17.7 Å².